The molecule has 15 heavy (non-hydrogen) atoms. The summed E-state index contributed by atoms with van der Waals surface area (Å²) in [5.41, 5.74) is 1.40. The molecule has 1 aromatic rings. The highest BCUT2D eigenvalue weighted by molar-refractivity contribution is 7.92. The molecule has 0 aromatic carbocycles. The van der Waals surface area contributed by atoms with E-state index < -0.39 is 10.0 Å². The van der Waals surface area contributed by atoms with Crippen LogP contribution in [0.2, 0.25) is 0 Å². The molecule has 6 heteroatoms. The molecule has 0 aliphatic rings. The second kappa shape index (κ2) is 5.09. The largest absolute Gasteiger partial charge is 0.319 e. The molecule has 0 aliphatic carbocycles. The van der Waals surface area contributed by atoms with Crippen LogP contribution in [-0.4, -0.2) is 32.7 Å². The molecule has 1 rings (SSSR count). The van der Waals surface area contributed by atoms with Gasteiger partial charge in [0.15, 0.2) is 0 Å². The Hall–Kier alpha value is -1.14. The molecule has 0 radical (unpaired) electrons. The number of anilines is 1. The van der Waals surface area contributed by atoms with Crippen LogP contribution in [0.1, 0.15) is 5.56 Å². The molecule has 0 saturated heterocycles. The van der Waals surface area contributed by atoms with Crippen LogP contribution < -0.4 is 10.0 Å². The molecule has 84 valence electrons. The molecule has 0 atom stereocenters. The first-order chi connectivity index (χ1) is 7.05. The SMILES string of the molecule is CNCCS(=O)(=O)Nc1ccncc1C. The minimum Gasteiger partial charge on any atom is -0.319 e. The number of nitrogens with one attached hydrogen (secondary N) is 2. The summed E-state index contributed by atoms with van der Waals surface area (Å²) in [6.07, 6.45) is 3.18. The molecule has 0 fully saturated rings. The minimum absolute atomic E-state index is 0.0608. The Bertz CT molecular complexity index is 417. The van der Waals surface area contributed by atoms with Crippen molar-refractivity contribution >= 4 is 15.7 Å². The van der Waals surface area contributed by atoms with Crippen molar-refractivity contribution in [1.82, 2.24) is 10.3 Å². The first-order valence-electron chi connectivity index (χ1n) is 4.61. The van der Waals surface area contributed by atoms with Crippen LogP contribution in [0.4, 0.5) is 5.69 Å². The second-order valence-corrected chi connectivity index (χ2v) is 5.06. The number of sulfonamides is 1. The van der Waals surface area contributed by atoms with E-state index in [-0.39, 0.29) is 5.75 Å². The summed E-state index contributed by atoms with van der Waals surface area (Å²) in [5, 5.41) is 2.79. The van der Waals surface area contributed by atoms with Crippen LogP contribution in [-0.2, 0) is 10.0 Å². The Labute approximate surface area is 90.0 Å². The Kier molecular flexibility index (Phi) is 4.05. The molecule has 0 saturated carbocycles. The normalized spacial score (nSPS) is 11.3. The predicted molar refractivity (Wildman–Crippen MR) is 60.3 cm³/mol. The fourth-order valence-corrected chi connectivity index (χ4v) is 2.18. The van der Waals surface area contributed by atoms with E-state index in [4.69, 9.17) is 0 Å². The van der Waals surface area contributed by atoms with Crippen LogP contribution in [0.5, 0.6) is 0 Å². The molecule has 0 amide bonds. The number of aryl methyl sites for hydroxylation is 1. The molecule has 0 aliphatic heterocycles. The third kappa shape index (κ3) is 3.85. The van der Waals surface area contributed by atoms with Gasteiger partial charge in [-0.1, -0.05) is 0 Å². The minimum atomic E-state index is -3.26. The van der Waals surface area contributed by atoms with Gasteiger partial charge in [0.05, 0.1) is 11.4 Å². The summed E-state index contributed by atoms with van der Waals surface area (Å²) in [6, 6.07) is 1.65. The van der Waals surface area contributed by atoms with Gasteiger partial charge in [-0.2, -0.15) is 0 Å². The van der Waals surface area contributed by atoms with Gasteiger partial charge in [-0.25, -0.2) is 8.42 Å². The number of hydrogen-bond acceptors (Lipinski definition) is 4. The highest BCUT2D eigenvalue weighted by Gasteiger charge is 2.10. The number of nitrogens with zero attached hydrogens (tertiary/aromatic N) is 1. The van der Waals surface area contributed by atoms with Crippen molar-refractivity contribution in [2.45, 2.75) is 6.92 Å². The molecule has 5 nitrogen and oxygen atoms in total. The maximum atomic E-state index is 11.5. The summed E-state index contributed by atoms with van der Waals surface area (Å²) in [4.78, 5) is 3.89. The highest BCUT2D eigenvalue weighted by Crippen LogP contribution is 2.13. The lowest BCUT2D eigenvalue weighted by Gasteiger charge is -2.09. The zero-order chi connectivity index (χ0) is 11.3. The number of hydrogen-bond donors (Lipinski definition) is 2. The summed E-state index contributed by atoms with van der Waals surface area (Å²) < 4.78 is 25.6. The molecule has 1 aromatic heterocycles. The van der Waals surface area contributed by atoms with E-state index >= 15 is 0 Å². The Morgan fingerprint density at radius 2 is 2.20 bits per heavy atom. The van der Waals surface area contributed by atoms with Gasteiger partial charge in [0.2, 0.25) is 10.0 Å². The molecule has 2 N–H and O–H groups in total. The Morgan fingerprint density at radius 3 is 2.80 bits per heavy atom. The maximum absolute atomic E-state index is 11.5. The van der Waals surface area contributed by atoms with Gasteiger partial charge in [0.1, 0.15) is 0 Å². The lowest BCUT2D eigenvalue weighted by atomic mass is 10.3. The first kappa shape index (κ1) is 11.9. The quantitative estimate of drug-likeness (QED) is 0.764. The van der Waals surface area contributed by atoms with E-state index in [0.29, 0.717) is 12.2 Å². The van der Waals surface area contributed by atoms with Crippen molar-refractivity contribution in [1.29, 1.82) is 0 Å². The number of pyridine rings is 1. The van der Waals surface area contributed by atoms with E-state index in [1.165, 1.54) is 0 Å². The Balaban J connectivity index is 2.74. The summed E-state index contributed by atoms with van der Waals surface area (Å²) >= 11 is 0. The average molecular weight is 229 g/mol. The summed E-state index contributed by atoms with van der Waals surface area (Å²) in [5.74, 6) is 0.0608. The van der Waals surface area contributed by atoms with Gasteiger partial charge >= 0.3 is 0 Å². The van der Waals surface area contributed by atoms with E-state index in [1.807, 2.05) is 6.92 Å². The Morgan fingerprint density at radius 1 is 1.47 bits per heavy atom. The lowest BCUT2D eigenvalue weighted by Crippen LogP contribution is -2.24. The van der Waals surface area contributed by atoms with Crippen LogP contribution in [0.3, 0.4) is 0 Å². The van der Waals surface area contributed by atoms with Crippen LogP contribution in [0.25, 0.3) is 0 Å². The zero-order valence-electron chi connectivity index (χ0n) is 8.82. The monoisotopic (exact) mass is 229 g/mol. The van der Waals surface area contributed by atoms with Gasteiger partial charge in [-0.05, 0) is 25.6 Å². The second-order valence-electron chi connectivity index (χ2n) is 3.22. The smallest absolute Gasteiger partial charge is 0.233 e. The van der Waals surface area contributed by atoms with Crippen molar-refractivity contribution in [2.24, 2.45) is 0 Å². The maximum Gasteiger partial charge on any atom is 0.233 e. The van der Waals surface area contributed by atoms with Crippen molar-refractivity contribution in [2.75, 3.05) is 24.1 Å². The van der Waals surface area contributed by atoms with Crippen LogP contribution >= 0.6 is 0 Å². The molecule has 0 bridgehead atoms. The fourth-order valence-electron chi connectivity index (χ4n) is 1.04. The standard InChI is InChI=1S/C9H15N3O2S/c1-8-7-11-4-3-9(8)12-15(13,14)6-5-10-2/h3-4,7,10H,5-6H2,1-2H3,(H,11,12). The third-order valence-electron chi connectivity index (χ3n) is 1.91. The zero-order valence-corrected chi connectivity index (χ0v) is 9.63. The fraction of sp³-hybridized carbons (Fsp3) is 0.444. The van der Waals surface area contributed by atoms with E-state index in [0.717, 1.165) is 5.56 Å². The van der Waals surface area contributed by atoms with E-state index in [9.17, 15) is 8.42 Å². The molecular weight excluding hydrogens is 214 g/mol. The topological polar surface area (TPSA) is 71.1 Å². The van der Waals surface area contributed by atoms with Crippen molar-refractivity contribution in [3.63, 3.8) is 0 Å². The van der Waals surface area contributed by atoms with E-state index in [1.54, 1.807) is 25.5 Å². The summed E-state index contributed by atoms with van der Waals surface area (Å²) in [7, 11) is -1.54. The molecular formula is C9H15N3O2S. The lowest BCUT2D eigenvalue weighted by molar-refractivity contribution is 0.598. The molecule has 0 unspecified atom stereocenters. The first-order valence-corrected chi connectivity index (χ1v) is 6.26. The number of rotatable bonds is 5. The third-order valence-corrected chi connectivity index (χ3v) is 3.18. The van der Waals surface area contributed by atoms with Gasteiger partial charge in [-0.15, -0.1) is 0 Å². The predicted octanol–water partition coefficient (Wildman–Crippen LogP) is 0.351. The van der Waals surface area contributed by atoms with Crippen LogP contribution in [0, 0.1) is 6.92 Å². The molecule has 0 spiro atoms. The van der Waals surface area contributed by atoms with Gasteiger partial charge in [-0.3, -0.25) is 9.71 Å². The summed E-state index contributed by atoms with van der Waals surface area (Å²) in [6.45, 7) is 2.24. The average Bonchev–Trinajstić information content (AvgIpc) is 2.18. The van der Waals surface area contributed by atoms with Gasteiger partial charge in [0, 0.05) is 18.9 Å². The van der Waals surface area contributed by atoms with Gasteiger partial charge in [0.25, 0.3) is 0 Å². The van der Waals surface area contributed by atoms with Crippen LogP contribution in [0.15, 0.2) is 18.5 Å². The highest BCUT2D eigenvalue weighted by atomic mass is 32.2. The molecule has 1 heterocycles. The van der Waals surface area contributed by atoms with Crippen molar-refractivity contribution < 1.29 is 8.42 Å². The van der Waals surface area contributed by atoms with E-state index in [2.05, 4.69) is 15.0 Å². The van der Waals surface area contributed by atoms with Crippen molar-refractivity contribution in [3.8, 4) is 0 Å². The van der Waals surface area contributed by atoms with Crippen molar-refractivity contribution in [3.05, 3.63) is 24.0 Å². The number of aromatic nitrogens is 1. The van der Waals surface area contributed by atoms with Gasteiger partial charge < -0.3 is 5.32 Å².